The molecule has 2 heterocycles. The quantitative estimate of drug-likeness (QED) is 0.260. The normalized spacial score (nSPS) is 10.7. The number of rotatable bonds is 10. The number of ether oxygens (including phenoxy) is 2. The maximum absolute atomic E-state index is 12.6. The van der Waals surface area contributed by atoms with Crippen molar-refractivity contribution in [3.8, 4) is 5.75 Å². The third-order valence-electron chi connectivity index (χ3n) is 4.99. The van der Waals surface area contributed by atoms with Crippen LogP contribution < -0.4 is 10.1 Å². The summed E-state index contributed by atoms with van der Waals surface area (Å²) in [7, 11) is 2.96. The molecule has 174 valence electrons. The Kier molecular flexibility index (Phi) is 8.29. The van der Waals surface area contributed by atoms with E-state index in [0.29, 0.717) is 28.7 Å². The van der Waals surface area contributed by atoms with Crippen molar-refractivity contribution in [2.75, 3.05) is 25.3 Å². The van der Waals surface area contributed by atoms with E-state index in [0.717, 1.165) is 27.6 Å². The number of thiophene rings is 1. The molecule has 0 bridgehead atoms. The second kappa shape index (κ2) is 11.2. The Hall–Kier alpha value is -3.11. The number of esters is 1. The van der Waals surface area contributed by atoms with Crippen LogP contribution in [0.1, 0.15) is 32.2 Å². The molecule has 0 atom stereocenters. The van der Waals surface area contributed by atoms with E-state index in [1.807, 2.05) is 42.7 Å². The van der Waals surface area contributed by atoms with E-state index in [2.05, 4.69) is 22.1 Å². The van der Waals surface area contributed by atoms with Crippen molar-refractivity contribution in [3.63, 3.8) is 0 Å². The van der Waals surface area contributed by atoms with Gasteiger partial charge in [-0.15, -0.1) is 28.1 Å². The lowest BCUT2D eigenvalue weighted by molar-refractivity contribution is -0.113. The molecule has 8 nitrogen and oxygen atoms in total. The molecule has 0 aliphatic carbocycles. The second-order valence-electron chi connectivity index (χ2n) is 7.14. The third kappa shape index (κ3) is 5.82. The molecule has 2 aromatic heterocycles. The Labute approximate surface area is 201 Å². The van der Waals surface area contributed by atoms with Gasteiger partial charge in [0.15, 0.2) is 5.16 Å². The van der Waals surface area contributed by atoms with Gasteiger partial charge in [0.2, 0.25) is 5.91 Å². The number of aromatic nitrogens is 3. The Morgan fingerprint density at radius 3 is 2.58 bits per heavy atom. The van der Waals surface area contributed by atoms with Gasteiger partial charge in [0.1, 0.15) is 16.6 Å². The lowest BCUT2D eigenvalue weighted by Crippen LogP contribution is -2.16. The summed E-state index contributed by atoms with van der Waals surface area (Å²) in [5.41, 5.74) is 2.28. The fraction of sp³-hybridized carbons (Fsp3) is 0.304. The lowest BCUT2D eigenvalue weighted by atomic mass is 10.1. The van der Waals surface area contributed by atoms with Crippen molar-refractivity contribution >= 4 is 40.0 Å². The summed E-state index contributed by atoms with van der Waals surface area (Å²) in [6.45, 7) is 8.09. The van der Waals surface area contributed by atoms with Crippen LogP contribution >= 0.6 is 23.1 Å². The highest BCUT2D eigenvalue weighted by atomic mass is 32.2. The van der Waals surface area contributed by atoms with E-state index in [9.17, 15) is 9.59 Å². The number of benzene rings is 1. The van der Waals surface area contributed by atoms with Gasteiger partial charge in [0.25, 0.3) is 0 Å². The molecule has 1 N–H and O–H groups in total. The van der Waals surface area contributed by atoms with Crippen LogP contribution in [0.5, 0.6) is 5.75 Å². The van der Waals surface area contributed by atoms with E-state index in [1.165, 1.54) is 30.2 Å². The zero-order chi connectivity index (χ0) is 24.0. The van der Waals surface area contributed by atoms with Crippen molar-refractivity contribution in [3.05, 3.63) is 64.3 Å². The molecule has 0 saturated carbocycles. The number of hydrogen-bond donors (Lipinski definition) is 1. The molecule has 0 fully saturated rings. The zero-order valence-corrected chi connectivity index (χ0v) is 20.6. The minimum absolute atomic E-state index is 0.119. The van der Waals surface area contributed by atoms with Crippen LogP contribution in [0, 0.1) is 13.8 Å². The average molecular weight is 487 g/mol. The van der Waals surface area contributed by atoms with Crippen molar-refractivity contribution in [1.82, 2.24) is 14.8 Å². The van der Waals surface area contributed by atoms with Gasteiger partial charge in [-0.1, -0.05) is 30.0 Å². The molecule has 1 amide bonds. The number of nitrogens with zero attached hydrogens (tertiary/aromatic N) is 3. The molecule has 0 radical (unpaired) electrons. The monoisotopic (exact) mass is 486 g/mol. The number of anilines is 1. The van der Waals surface area contributed by atoms with Gasteiger partial charge in [-0.3, -0.25) is 4.79 Å². The summed E-state index contributed by atoms with van der Waals surface area (Å²) in [6.07, 6.45) is 2.36. The fourth-order valence-corrected chi connectivity index (χ4v) is 4.98. The minimum atomic E-state index is -0.464. The number of hydrogen-bond acceptors (Lipinski definition) is 8. The fourth-order valence-electron chi connectivity index (χ4n) is 3.15. The molecule has 3 rings (SSSR count). The number of methoxy groups -OCH3 is 2. The molecule has 1 aromatic carbocycles. The molecule has 0 aliphatic heterocycles. The van der Waals surface area contributed by atoms with E-state index >= 15 is 0 Å². The first kappa shape index (κ1) is 24.5. The number of thioether (sulfide) groups is 1. The maximum Gasteiger partial charge on any atom is 0.341 e. The van der Waals surface area contributed by atoms with Crippen LogP contribution in [0.3, 0.4) is 0 Å². The second-order valence-corrected chi connectivity index (χ2v) is 9.31. The Morgan fingerprint density at radius 1 is 1.21 bits per heavy atom. The summed E-state index contributed by atoms with van der Waals surface area (Å²) >= 11 is 2.64. The van der Waals surface area contributed by atoms with Crippen molar-refractivity contribution < 1.29 is 19.1 Å². The van der Waals surface area contributed by atoms with Crippen LogP contribution in [0.15, 0.2) is 42.1 Å². The molecule has 0 spiro atoms. The number of carbonyl (C=O) groups is 2. The number of allylic oxidation sites excluding steroid dienone is 1. The number of amides is 1. The summed E-state index contributed by atoms with van der Waals surface area (Å²) < 4.78 is 12.0. The minimum Gasteiger partial charge on any atom is -0.497 e. The molecular formula is C23H26N4O4S2. The highest BCUT2D eigenvalue weighted by Crippen LogP contribution is 2.33. The first-order chi connectivity index (χ1) is 15.9. The largest absolute Gasteiger partial charge is 0.497 e. The zero-order valence-electron chi connectivity index (χ0n) is 19.0. The third-order valence-corrected chi connectivity index (χ3v) is 7.08. The predicted octanol–water partition coefficient (Wildman–Crippen LogP) is 4.26. The Balaban J connectivity index is 1.70. The average Bonchev–Trinajstić information content (AvgIpc) is 3.32. The van der Waals surface area contributed by atoms with Crippen LogP contribution in [0.25, 0.3) is 0 Å². The number of aryl methyl sites for hydroxylation is 1. The van der Waals surface area contributed by atoms with Gasteiger partial charge in [-0.05, 0) is 37.1 Å². The van der Waals surface area contributed by atoms with Crippen molar-refractivity contribution in [2.24, 2.45) is 0 Å². The highest BCUT2D eigenvalue weighted by molar-refractivity contribution is 7.99. The van der Waals surface area contributed by atoms with Crippen LogP contribution in [0.4, 0.5) is 5.00 Å². The SMILES string of the molecule is C=CCn1c(Cc2ccc(OC)cc2)nnc1SCC(=O)Nc1sc(C)c(C)c1C(=O)OC. The van der Waals surface area contributed by atoms with Crippen LogP contribution in [-0.2, 0) is 22.5 Å². The molecule has 0 unspecified atom stereocenters. The van der Waals surface area contributed by atoms with E-state index < -0.39 is 5.97 Å². The first-order valence-electron chi connectivity index (χ1n) is 10.1. The van der Waals surface area contributed by atoms with Gasteiger partial charge in [-0.2, -0.15) is 0 Å². The van der Waals surface area contributed by atoms with Crippen molar-refractivity contribution in [1.29, 1.82) is 0 Å². The molecule has 0 aliphatic rings. The number of nitrogens with one attached hydrogen (secondary N) is 1. The Bertz CT molecular complexity index is 1150. The van der Waals surface area contributed by atoms with Gasteiger partial charge < -0.3 is 19.4 Å². The van der Waals surface area contributed by atoms with E-state index in [1.54, 1.807) is 13.2 Å². The van der Waals surface area contributed by atoms with Crippen LogP contribution in [0.2, 0.25) is 0 Å². The molecule has 3 aromatic rings. The first-order valence-corrected chi connectivity index (χ1v) is 11.9. The Morgan fingerprint density at radius 2 is 1.94 bits per heavy atom. The molecule has 10 heteroatoms. The van der Waals surface area contributed by atoms with Crippen LogP contribution in [-0.4, -0.2) is 46.6 Å². The van der Waals surface area contributed by atoms with Crippen molar-refractivity contribution in [2.45, 2.75) is 32.0 Å². The van der Waals surface area contributed by atoms with E-state index in [4.69, 9.17) is 9.47 Å². The van der Waals surface area contributed by atoms with E-state index in [-0.39, 0.29) is 11.7 Å². The number of carbonyl (C=O) groups excluding carboxylic acids is 2. The standard InChI is InChI=1S/C23H26N4O4S2/c1-6-11-27-18(12-16-7-9-17(30-4)10-8-16)25-26-23(27)32-13-19(28)24-21-20(22(29)31-5)14(2)15(3)33-21/h6-10H,1,11-13H2,2-5H3,(H,24,28). The predicted molar refractivity (Wildman–Crippen MR) is 131 cm³/mol. The smallest absolute Gasteiger partial charge is 0.341 e. The van der Waals surface area contributed by atoms with Gasteiger partial charge in [0, 0.05) is 17.8 Å². The summed E-state index contributed by atoms with van der Waals surface area (Å²) in [5, 5.41) is 12.5. The summed E-state index contributed by atoms with van der Waals surface area (Å²) in [5.74, 6) is 0.986. The topological polar surface area (TPSA) is 95.3 Å². The van der Waals surface area contributed by atoms with Gasteiger partial charge >= 0.3 is 5.97 Å². The van der Waals surface area contributed by atoms with Gasteiger partial charge in [0.05, 0.1) is 25.5 Å². The molecular weight excluding hydrogens is 460 g/mol. The van der Waals surface area contributed by atoms with Gasteiger partial charge in [-0.25, -0.2) is 4.79 Å². The summed E-state index contributed by atoms with van der Waals surface area (Å²) in [6, 6.07) is 7.77. The molecule has 33 heavy (non-hydrogen) atoms. The molecule has 0 saturated heterocycles. The summed E-state index contributed by atoms with van der Waals surface area (Å²) in [4.78, 5) is 25.7. The highest BCUT2D eigenvalue weighted by Gasteiger charge is 2.22. The lowest BCUT2D eigenvalue weighted by Gasteiger charge is -2.09. The maximum atomic E-state index is 12.6.